The van der Waals surface area contributed by atoms with Gasteiger partial charge >= 0.3 is 0 Å². The summed E-state index contributed by atoms with van der Waals surface area (Å²) in [7, 11) is 3.33. The average Bonchev–Trinajstić information content (AvgIpc) is 2.89. The highest BCUT2D eigenvalue weighted by atomic mass is 16.5. The lowest BCUT2D eigenvalue weighted by molar-refractivity contribution is -0.145. The lowest BCUT2D eigenvalue weighted by Gasteiger charge is -2.36. The van der Waals surface area contributed by atoms with Crippen LogP contribution >= 0.6 is 0 Å². The Morgan fingerprint density at radius 3 is 2.63 bits per heavy atom. The van der Waals surface area contributed by atoms with E-state index in [0.29, 0.717) is 19.8 Å². The summed E-state index contributed by atoms with van der Waals surface area (Å²) in [5.74, 6) is 0.238. The van der Waals surface area contributed by atoms with Gasteiger partial charge in [0, 0.05) is 27.3 Å². The predicted molar refractivity (Wildman–Crippen MR) is 75.1 cm³/mol. The smallest absolute Gasteiger partial charge is 0.230 e. The van der Waals surface area contributed by atoms with Crippen LogP contribution in [0.3, 0.4) is 0 Å². The summed E-state index contributed by atoms with van der Waals surface area (Å²) in [6, 6.07) is 0.0803. The van der Waals surface area contributed by atoms with E-state index in [1.54, 1.807) is 14.2 Å². The SMILES string of the molecule is CCC1(C(=O)N(CCOC)C(C)COC)CCNC1. The fourth-order valence-electron chi connectivity index (χ4n) is 2.73. The minimum atomic E-state index is -0.240. The maximum absolute atomic E-state index is 12.9. The van der Waals surface area contributed by atoms with Crippen LogP contribution < -0.4 is 5.32 Å². The number of carbonyl (C=O) groups excluding carboxylic acids is 1. The summed E-state index contributed by atoms with van der Waals surface area (Å²) >= 11 is 0. The van der Waals surface area contributed by atoms with E-state index in [2.05, 4.69) is 12.2 Å². The highest BCUT2D eigenvalue weighted by Crippen LogP contribution is 2.32. The van der Waals surface area contributed by atoms with Crippen LogP contribution in [0.4, 0.5) is 0 Å². The molecule has 1 heterocycles. The van der Waals surface area contributed by atoms with Crippen molar-refractivity contribution in [3.8, 4) is 0 Å². The highest BCUT2D eigenvalue weighted by Gasteiger charge is 2.42. The second kappa shape index (κ2) is 7.82. The first-order chi connectivity index (χ1) is 9.11. The van der Waals surface area contributed by atoms with Crippen LogP contribution in [-0.2, 0) is 14.3 Å². The van der Waals surface area contributed by atoms with Gasteiger partial charge in [-0.2, -0.15) is 0 Å². The second-order valence-corrected chi connectivity index (χ2v) is 5.36. The van der Waals surface area contributed by atoms with Gasteiger partial charge in [-0.3, -0.25) is 4.79 Å². The molecule has 0 aromatic rings. The molecule has 19 heavy (non-hydrogen) atoms. The zero-order valence-corrected chi connectivity index (χ0v) is 12.7. The van der Waals surface area contributed by atoms with Crippen molar-refractivity contribution < 1.29 is 14.3 Å². The Kier molecular flexibility index (Phi) is 6.75. The number of rotatable bonds is 8. The van der Waals surface area contributed by atoms with Crippen LogP contribution in [0.15, 0.2) is 0 Å². The molecular formula is C14H28N2O3. The molecule has 0 aromatic carbocycles. The molecule has 1 saturated heterocycles. The third-order valence-electron chi connectivity index (χ3n) is 4.11. The maximum Gasteiger partial charge on any atom is 0.230 e. The van der Waals surface area contributed by atoms with Gasteiger partial charge in [0.25, 0.3) is 0 Å². The van der Waals surface area contributed by atoms with Crippen molar-refractivity contribution in [3.63, 3.8) is 0 Å². The third kappa shape index (κ3) is 3.91. The van der Waals surface area contributed by atoms with Crippen molar-refractivity contribution in [2.45, 2.75) is 32.7 Å². The van der Waals surface area contributed by atoms with Crippen molar-refractivity contribution >= 4 is 5.91 Å². The number of carbonyl (C=O) groups is 1. The van der Waals surface area contributed by atoms with Crippen LogP contribution in [0.2, 0.25) is 0 Å². The number of methoxy groups -OCH3 is 2. The molecule has 1 amide bonds. The van der Waals surface area contributed by atoms with Crippen molar-refractivity contribution in [3.05, 3.63) is 0 Å². The minimum Gasteiger partial charge on any atom is -0.383 e. The molecule has 112 valence electrons. The molecule has 0 bridgehead atoms. The summed E-state index contributed by atoms with van der Waals surface area (Å²) in [6.45, 7) is 7.59. The van der Waals surface area contributed by atoms with Crippen LogP contribution in [0.5, 0.6) is 0 Å². The van der Waals surface area contributed by atoms with E-state index in [1.165, 1.54) is 0 Å². The Labute approximate surface area is 116 Å². The number of nitrogens with one attached hydrogen (secondary N) is 1. The van der Waals surface area contributed by atoms with Crippen molar-refractivity contribution in [2.75, 3.05) is 47.1 Å². The normalized spacial score (nSPS) is 24.4. The van der Waals surface area contributed by atoms with Gasteiger partial charge in [0.05, 0.1) is 24.7 Å². The molecule has 0 spiro atoms. The van der Waals surface area contributed by atoms with Gasteiger partial charge in [-0.15, -0.1) is 0 Å². The van der Waals surface area contributed by atoms with E-state index >= 15 is 0 Å². The summed E-state index contributed by atoms with van der Waals surface area (Å²) in [5.41, 5.74) is -0.240. The Morgan fingerprint density at radius 1 is 1.42 bits per heavy atom. The van der Waals surface area contributed by atoms with Crippen LogP contribution in [0.1, 0.15) is 26.7 Å². The molecule has 2 atom stereocenters. The number of hydrogen-bond acceptors (Lipinski definition) is 4. The monoisotopic (exact) mass is 272 g/mol. The quantitative estimate of drug-likeness (QED) is 0.713. The van der Waals surface area contributed by atoms with Gasteiger partial charge in [-0.1, -0.05) is 6.92 Å². The van der Waals surface area contributed by atoms with Crippen molar-refractivity contribution in [2.24, 2.45) is 5.41 Å². The molecule has 0 radical (unpaired) electrons. The zero-order valence-electron chi connectivity index (χ0n) is 12.7. The van der Waals surface area contributed by atoms with E-state index in [9.17, 15) is 4.79 Å². The molecule has 1 aliphatic heterocycles. The lowest BCUT2D eigenvalue weighted by atomic mass is 9.82. The Balaban J connectivity index is 2.79. The summed E-state index contributed by atoms with van der Waals surface area (Å²) in [6.07, 6.45) is 1.80. The number of nitrogens with zero attached hydrogens (tertiary/aromatic N) is 1. The van der Waals surface area contributed by atoms with Gasteiger partial charge < -0.3 is 19.7 Å². The molecule has 0 aliphatic carbocycles. The molecule has 1 fully saturated rings. The maximum atomic E-state index is 12.9. The third-order valence-corrected chi connectivity index (χ3v) is 4.11. The van der Waals surface area contributed by atoms with Crippen LogP contribution in [0, 0.1) is 5.41 Å². The van der Waals surface area contributed by atoms with Gasteiger partial charge in [0.2, 0.25) is 5.91 Å². The first-order valence-corrected chi connectivity index (χ1v) is 7.11. The number of ether oxygens (including phenoxy) is 2. The molecule has 1 rings (SSSR count). The molecule has 5 nitrogen and oxygen atoms in total. The molecule has 0 saturated carbocycles. The minimum absolute atomic E-state index is 0.0803. The van der Waals surface area contributed by atoms with Crippen LogP contribution in [-0.4, -0.2) is 63.9 Å². The average molecular weight is 272 g/mol. The Bertz CT molecular complexity index is 278. The molecular weight excluding hydrogens is 244 g/mol. The largest absolute Gasteiger partial charge is 0.383 e. The summed E-state index contributed by atoms with van der Waals surface area (Å²) < 4.78 is 10.3. The highest BCUT2D eigenvalue weighted by molar-refractivity contribution is 5.83. The van der Waals surface area contributed by atoms with Crippen molar-refractivity contribution in [1.82, 2.24) is 10.2 Å². The summed E-state index contributed by atoms with van der Waals surface area (Å²) in [4.78, 5) is 14.8. The molecule has 1 N–H and O–H groups in total. The fraction of sp³-hybridized carbons (Fsp3) is 0.929. The van der Waals surface area contributed by atoms with Gasteiger partial charge in [-0.05, 0) is 26.3 Å². The predicted octanol–water partition coefficient (Wildman–Crippen LogP) is 0.886. The van der Waals surface area contributed by atoms with Gasteiger partial charge in [0.1, 0.15) is 0 Å². The standard InChI is InChI=1S/C14H28N2O3/c1-5-14(6-7-15-11-14)13(17)16(8-9-18-3)12(2)10-19-4/h12,15H,5-11H2,1-4H3. The topological polar surface area (TPSA) is 50.8 Å². The van der Waals surface area contributed by atoms with E-state index in [1.807, 2.05) is 11.8 Å². The van der Waals surface area contributed by atoms with E-state index in [0.717, 1.165) is 25.9 Å². The Hall–Kier alpha value is -0.650. The Morgan fingerprint density at radius 2 is 2.16 bits per heavy atom. The first kappa shape index (κ1) is 16.4. The fourth-order valence-corrected chi connectivity index (χ4v) is 2.73. The second-order valence-electron chi connectivity index (χ2n) is 5.36. The molecule has 5 heteroatoms. The molecule has 1 aliphatic rings. The van der Waals surface area contributed by atoms with Gasteiger partial charge in [0.15, 0.2) is 0 Å². The van der Waals surface area contributed by atoms with E-state index in [-0.39, 0.29) is 17.4 Å². The first-order valence-electron chi connectivity index (χ1n) is 7.11. The lowest BCUT2D eigenvalue weighted by Crippen LogP contribution is -2.51. The number of amides is 1. The van der Waals surface area contributed by atoms with E-state index in [4.69, 9.17) is 9.47 Å². The molecule has 2 unspecified atom stereocenters. The zero-order chi connectivity index (χ0) is 14.3. The summed E-state index contributed by atoms with van der Waals surface area (Å²) in [5, 5.41) is 3.32. The van der Waals surface area contributed by atoms with Crippen molar-refractivity contribution in [1.29, 1.82) is 0 Å². The van der Waals surface area contributed by atoms with Gasteiger partial charge in [-0.25, -0.2) is 0 Å². The number of hydrogen-bond donors (Lipinski definition) is 1. The molecule has 0 aromatic heterocycles. The van der Waals surface area contributed by atoms with Crippen LogP contribution in [0.25, 0.3) is 0 Å². The van der Waals surface area contributed by atoms with E-state index < -0.39 is 0 Å².